The van der Waals surface area contributed by atoms with Gasteiger partial charge in [-0.05, 0) is 42.8 Å². The number of ether oxygens (including phenoxy) is 3. The van der Waals surface area contributed by atoms with Crippen LogP contribution in [-0.4, -0.2) is 26.2 Å². The molecular weight excluding hydrogens is 366 g/mol. The van der Waals surface area contributed by atoms with Gasteiger partial charge < -0.3 is 19.5 Å². The molecule has 5 nitrogen and oxygen atoms in total. The Bertz CT molecular complexity index is 864. The van der Waals surface area contributed by atoms with Gasteiger partial charge in [-0.1, -0.05) is 23.2 Å². The largest absolute Gasteiger partial charge is 0.496 e. The standard InChI is InChI=1S/C21H22ClNO4/c1-14-4-6-18(25-2)16(10-14)5-7-20(24)23-13-15-11-17(22)21-19(12-15)26-8-3-9-27-21/h4-7,10-12H,3,8-9,13H2,1-2H3,(H,23,24)/b7-5+. The molecule has 1 N–H and O–H groups in total. The number of aryl methyl sites for hydroxylation is 1. The number of methoxy groups -OCH3 is 1. The van der Waals surface area contributed by atoms with Crippen molar-refractivity contribution in [1.82, 2.24) is 5.32 Å². The average Bonchev–Trinajstić information content (AvgIpc) is 2.90. The molecule has 0 fully saturated rings. The van der Waals surface area contributed by atoms with Gasteiger partial charge >= 0.3 is 0 Å². The third-order valence-corrected chi connectivity index (χ3v) is 4.41. The molecule has 2 aromatic carbocycles. The molecule has 0 radical (unpaired) electrons. The van der Waals surface area contributed by atoms with E-state index < -0.39 is 0 Å². The second kappa shape index (κ2) is 8.82. The molecule has 3 rings (SSSR count). The van der Waals surface area contributed by atoms with Gasteiger partial charge in [-0.25, -0.2) is 0 Å². The summed E-state index contributed by atoms with van der Waals surface area (Å²) in [6.07, 6.45) is 4.04. The van der Waals surface area contributed by atoms with Crippen molar-refractivity contribution in [3.63, 3.8) is 0 Å². The average molecular weight is 388 g/mol. The Labute approximate surface area is 163 Å². The van der Waals surface area contributed by atoms with Gasteiger partial charge in [-0.2, -0.15) is 0 Å². The van der Waals surface area contributed by atoms with Crippen LogP contribution in [-0.2, 0) is 11.3 Å². The highest BCUT2D eigenvalue weighted by molar-refractivity contribution is 6.32. The predicted molar refractivity (Wildman–Crippen MR) is 106 cm³/mol. The summed E-state index contributed by atoms with van der Waals surface area (Å²) in [6, 6.07) is 9.44. The summed E-state index contributed by atoms with van der Waals surface area (Å²) in [4.78, 5) is 12.2. The number of nitrogens with one attached hydrogen (secondary N) is 1. The van der Waals surface area contributed by atoms with Gasteiger partial charge in [0.2, 0.25) is 5.91 Å². The fourth-order valence-corrected chi connectivity index (χ4v) is 3.07. The van der Waals surface area contributed by atoms with Crippen LogP contribution in [0.3, 0.4) is 0 Å². The van der Waals surface area contributed by atoms with Crippen molar-refractivity contribution >= 4 is 23.6 Å². The van der Waals surface area contributed by atoms with Crippen LogP contribution in [0.1, 0.15) is 23.1 Å². The minimum Gasteiger partial charge on any atom is -0.496 e. The highest BCUT2D eigenvalue weighted by Gasteiger charge is 2.15. The molecule has 0 saturated heterocycles. The highest BCUT2D eigenvalue weighted by Crippen LogP contribution is 2.37. The number of halogens is 1. The molecule has 0 bridgehead atoms. The minimum atomic E-state index is -0.207. The van der Waals surface area contributed by atoms with Crippen molar-refractivity contribution < 1.29 is 19.0 Å². The van der Waals surface area contributed by atoms with Crippen molar-refractivity contribution in [2.24, 2.45) is 0 Å². The lowest BCUT2D eigenvalue weighted by Gasteiger charge is -2.11. The van der Waals surface area contributed by atoms with Crippen LogP contribution < -0.4 is 19.5 Å². The third kappa shape index (κ3) is 4.95. The number of amides is 1. The molecule has 0 aromatic heterocycles. The number of hydrogen-bond acceptors (Lipinski definition) is 4. The van der Waals surface area contributed by atoms with Gasteiger partial charge in [-0.3, -0.25) is 4.79 Å². The second-order valence-electron chi connectivity index (χ2n) is 6.25. The highest BCUT2D eigenvalue weighted by atomic mass is 35.5. The summed E-state index contributed by atoms with van der Waals surface area (Å²) in [5, 5.41) is 3.33. The first-order chi connectivity index (χ1) is 13.1. The maximum atomic E-state index is 12.2. The number of fused-ring (bicyclic) bond motifs is 1. The van der Waals surface area contributed by atoms with Gasteiger partial charge in [0.05, 0.1) is 25.3 Å². The van der Waals surface area contributed by atoms with Crippen LogP contribution in [0, 0.1) is 6.92 Å². The first-order valence-electron chi connectivity index (χ1n) is 8.75. The van der Waals surface area contributed by atoms with E-state index in [4.69, 9.17) is 25.8 Å². The Morgan fingerprint density at radius 3 is 2.89 bits per heavy atom. The minimum absolute atomic E-state index is 0.207. The molecule has 0 aliphatic carbocycles. The maximum absolute atomic E-state index is 12.2. The van der Waals surface area contributed by atoms with E-state index in [0.717, 1.165) is 28.9 Å². The molecular formula is C21H22ClNO4. The van der Waals surface area contributed by atoms with Gasteiger partial charge in [0.1, 0.15) is 5.75 Å². The summed E-state index contributed by atoms with van der Waals surface area (Å²) in [7, 11) is 1.61. The maximum Gasteiger partial charge on any atom is 0.244 e. The van der Waals surface area contributed by atoms with Gasteiger partial charge in [0.15, 0.2) is 11.5 Å². The van der Waals surface area contributed by atoms with Crippen LogP contribution in [0.15, 0.2) is 36.4 Å². The van der Waals surface area contributed by atoms with E-state index in [0.29, 0.717) is 36.3 Å². The van der Waals surface area contributed by atoms with Crippen molar-refractivity contribution in [3.05, 3.63) is 58.1 Å². The normalized spacial score (nSPS) is 13.3. The van der Waals surface area contributed by atoms with Crippen molar-refractivity contribution in [3.8, 4) is 17.2 Å². The van der Waals surface area contributed by atoms with Crippen molar-refractivity contribution in [2.75, 3.05) is 20.3 Å². The fourth-order valence-electron chi connectivity index (χ4n) is 2.78. The summed E-state index contributed by atoms with van der Waals surface area (Å²) in [6.45, 7) is 3.49. The molecule has 1 aliphatic rings. The number of carbonyl (C=O) groups is 1. The molecule has 1 aliphatic heterocycles. The van der Waals surface area contributed by atoms with E-state index in [-0.39, 0.29) is 5.91 Å². The van der Waals surface area contributed by atoms with Gasteiger partial charge in [0.25, 0.3) is 0 Å². The first kappa shape index (κ1) is 19.1. The Kier molecular flexibility index (Phi) is 6.24. The van der Waals surface area contributed by atoms with Crippen LogP contribution >= 0.6 is 11.6 Å². The quantitative estimate of drug-likeness (QED) is 0.783. The lowest BCUT2D eigenvalue weighted by Crippen LogP contribution is -2.20. The molecule has 0 unspecified atom stereocenters. The summed E-state index contributed by atoms with van der Waals surface area (Å²) in [5.41, 5.74) is 2.79. The van der Waals surface area contributed by atoms with Crippen LogP contribution in [0.2, 0.25) is 5.02 Å². The zero-order valence-electron chi connectivity index (χ0n) is 15.4. The summed E-state index contributed by atoms with van der Waals surface area (Å²) < 4.78 is 16.6. The summed E-state index contributed by atoms with van der Waals surface area (Å²) >= 11 is 6.28. The van der Waals surface area contributed by atoms with E-state index in [1.54, 1.807) is 19.3 Å². The topological polar surface area (TPSA) is 56.8 Å². The third-order valence-electron chi connectivity index (χ3n) is 4.13. The first-order valence-corrected chi connectivity index (χ1v) is 9.13. The summed E-state index contributed by atoms with van der Waals surface area (Å²) in [5.74, 6) is 1.70. The van der Waals surface area contributed by atoms with Gasteiger partial charge in [0, 0.05) is 24.6 Å². The fraction of sp³-hybridized carbons (Fsp3) is 0.286. The van der Waals surface area contributed by atoms with Gasteiger partial charge in [-0.15, -0.1) is 0 Å². The molecule has 6 heteroatoms. The number of hydrogen-bond donors (Lipinski definition) is 1. The lowest BCUT2D eigenvalue weighted by atomic mass is 10.1. The molecule has 1 amide bonds. The van der Waals surface area contributed by atoms with Crippen LogP contribution in [0.25, 0.3) is 6.08 Å². The van der Waals surface area contributed by atoms with E-state index in [1.807, 2.05) is 31.2 Å². The monoisotopic (exact) mass is 387 g/mol. The Hall–Kier alpha value is -2.66. The lowest BCUT2D eigenvalue weighted by molar-refractivity contribution is -0.116. The van der Waals surface area contributed by atoms with Crippen LogP contribution in [0.5, 0.6) is 17.2 Å². The molecule has 0 saturated carbocycles. The SMILES string of the molecule is COc1ccc(C)cc1/C=C/C(=O)NCc1cc(Cl)c2c(c1)OCCCO2. The molecule has 0 spiro atoms. The number of benzene rings is 2. The predicted octanol–water partition coefficient (Wildman–Crippen LogP) is 4.15. The zero-order chi connectivity index (χ0) is 19.2. The zero-order valence-corrected chi connectivity index (χ0v) is 16.1. The molecule has 142 valence electrons. The van der Waals surface area contributed by atoms with E-state index in [9.17, 15) is 4.79 Å². The Balaban J connectivity index is 1.65. The van der Waals surface area contributed by atoms with E-state index >= 15 is 0 Å². The number of rotatable bonds is 5. The molecule has 0 atom stereocenters. The Morgan fingerprint density at radius 2 is 2.07 bits per heavy atom. The van der Waals surface area contributed by atoms with Crippen molar-refractivity contribution in [2.45, 2.75) is 19.9 Å². The smallest absolute Gasteiger partial charge is 0.244 e. The molecule has 27 heavy (non-hydrogen) atoms. The van der Waals surface area contributed by atoms with Crippen LogP contribution in [0.4, 0.5) is 0 Å². The molecule has 1 heterocycles. The molecule has 2 aromatic rings. The van der Waals surface area contributed by atoms with E-state index in [2.05, 4.69) is 5.32 Å². The Morgan fingerprint density at radius 1 is 1.26 bits per heavy atom. The second-order valence-corrected chi connectivity index (χ2v) is 6.66. The van der Waals surface area contributed by atoms with E-state index in [1.165, 1.54) is 6.08 Å². The van der Waals surface area contributed by atoms with Crippen molar-refractivity contribution in [1.29, 1.82) is 0 Å². The number of carbonyl (C=O) groups excluding carboxylic acids is 1.